The monoisotopic (exact) mass is 296 g/mol. The Bertz CT molecular complexity index is 502. The van der Waals surface area contributed by atoms with Crippen molar-refractivity contribution in [3.05, 3.63) is 35.9 Å². The zero-order chi connectivity index (χ0) is 14.4. The molecular formula is C15H24N2O2S. The Labute approximate surface area is 121 Å². The third kappa shape index (κ3) is 5.23. The maximum Gasteiger partial charge on any atom is 0.151 e. The van der Waals surface area contributed by atoms with Crippen LogP contribution in [0.5, 0.6) is 0 Å². The molecule has 4 nitrogen and oxygen atoms in total. The second kappa shape index (κ2) is 7.20. The predicted octanol–water partition coefficient (Wildman–Crippen LogP) is 1.07. The molecule has 1 atom stereocenters. The average Bonchev–Trinajstić information content (AvgIpc) is 2.59. The van der Waals surface area contributed by atoms with Crippen LogP contribution in [0.15, 0.2) is 30.3 Å². The fraction of sp³-hybridized carbons (Fsp3) is 0.600. The van der Waals surface area contributed by atoms with Crippen LogP contribution in [0.25, 0.3) is 0 Å². The molecule has 20 heavy (non-hydrogen) atoms. The van der Waals surface area contributed by atoms with Gasteiger partial charge in [-0.3, -0.25) is 0 Å². The molecule has 1 aliphatic rings. The molecule has 112 valence electrons. The van der Waals surface area contributed by atoms with Gasteiger partial charge in [-0.15, -0.1) is 0 Å². The number of nitrogens with two attached hydrogens (primary N) is 1. The largest absolute Gasteiger partial charge is 0.327 e. The number of benzene rings is 1. The molecular weight excluding hydrogens is 272 g/mol. The summed E-state index contributed by atoms with van der Waals surface area (Å²) in [7, 11) is -2.83. The zero-order valence-electron chi connectivity index (χ0n) is 11.9. The van der Waals surface area contributed by atoms with E-state index < -0.39 is 9.84 Å². The highest BCUT2D eigenvalue weighted by molar-refractivity contribution is 7.91. The van der Waals surface area contributed by atoms with Gasteiger partial charge in [0.05, 0.1) is 11.5 Å². The highest BCUT2D eigenvalue weighted by atomic mass is 32.2. The van der Waals surface area contributed by atoms with Crippen molar-refractivity contribution in [2.24, 2.45) is 5.73 Å². The number of hydrogen-bond donors (Lipinski definition) is 1. The Morgan fingerprint density at radius 2 is 1.90 bits per heavy atom. The first-order valence-corrected chi connectivity index (χ1v) is 9.09. The van der Waals surface area contributed by atoms with Crippen molar-refractivity contribution in [3.8, 4) is 0 Å². The smallest absolute Gasteiger partial charge is 0.151 e. The van der Waals surface area contributed by atoms with Gasteiger partial charge in [-0.1, -0.05) is 30.3 Å². The Morgan fingerprint density at radius 3 is 2.65 bits per heavy atom. The first kappa shape index (κ1) is 15.5. The molecule has 1 heterocycles. The van der Waals surface area contributed by atoms with Crippen LogP contribution in [-0.4, -0.2) is 50.5 Å². The summed E-state index contributed by atoms with van der Waals surface area (Å²) in [6.07, 6.45) is 2.65. The SMILES string of the molecule is NC(CCc1ccccc1)CN1CCCS(=O)(=O)CC1. The van der Waals surface area contributed by atoms with E-state index in [9.17, 15) is 8.42 Å². The molecule has 0 saturated carbocycles. The molecule has 1 unspecified atom stereocenters. The Kier molecular flexibility index (Phi) is 5.57. The lowest BCUT2D eigenvalue weighted by atomic mass is 10.1. The molecule has 0 amide bonds. The molecule has 0 aromatic heterocycles. The number of rotatable bonds is 5. The molecule has 0 aliphatic carbocycles. The highest BCUT2D eigenvalue weighted by Crippen LogP contribution is 2.08. The van der Waals surface area contributed by atoms with E-state index >= 15 is 0 Å². The van der Waals surface area contributed by atoms with Crippen LogP contribution in [-0.2, 0) is 16.3 Å². The van der Waals surface area contributed by atoms with Gasteiger partial charge in [0.15, 0.2) is 9.84 Å². The second-order valence-electron chi connectivity index (χ2n) is 5.59. The van der Waals surface area contributed by atoms with E-state index in [1.165, 1.54) is 5.56 Å². The highest BCUT2D eigenvalue weighted by Gasteiger charge is 2.20. The number of sulfone groups is 1. The first-order valence-electron chi connectivity index (χ1n) is 7.27. The average molecular weight is 296 g/mol. The number of nitrogens with zero attached hydrogens (tertiary/aromatic N) is 1. The molecule has 0 spiro atoms. The van der Waals surface area contributed by atoms with E-state index in [1.807, 2.05) is 18.2 Å². The summed E-state index contributed by atoms with van der Waals surface area (Å²) in [6.45, 7) is 2.27. The Balaban J connectivity index is 1.75. The van der Waals surface area contributed by atoms with E-state index in [-0.39, 0.29) is 11.8 Å². The molecule has 2 rings (SSSR count). The Morgan fingerprint density at radius 1 is 1.15 bits per heavy atom. The van der Waals surface area contributed by atoms with Crippen LogP contribution in [0, 0.1) is 0 Å². The minimum Gasteiger partial charge on any atom is -0.327 e. The molecule has 1 saturated heterocycles. The molecule has 1 aliphatic heterocycles. The van der Waals surface area contributed by atoms with Crippen molar-refractivity contribution in [2.75, 3.05) is 31.1 Å². The van der Waals surface area contributed by atoms with Gasteiger partial charge in [0.2, 0.25) is 0 Å². The van der Waals surface area contributed by atoms with Crippen LogP contribution in [0.4, 0.5) is 0 Å². The van der Waals surface area contributed by atoms with Gasteiger partial charge in [0.25, 0.3) is 0 Å². The minimum absolute atomic E-state index is 0.107. The normalized spacial score (nSPS) is 21.2. The van der Waals surface area contributed by atoms with E-state index in [1.54, 1.807) is 0 Å². The van der Waals surface area contributed by atoms with Crippen molar-refractivity contribution in [1.82, 2.24) is 4.90 Å². The van der Waals surface area contributed by atoms with Crippen molar-refractivity contribution in [1.29, 1.82) is 0 Å². The van der Waals surface area contributed by atoms with Gasteiger partial charge < -0.3 is 10.6 Å². The summed E-state index contributed by atoms with van der Waals surface area (Å²) in [4.78, 5) is 2.19. The zero-order valence-corrected chi connectivity index (χ0v) is 12.7. The van der Waals surface area contributed by atoms with E-state index in [2.05, 4.69) is 17.0 Å². The Hall–Kier alpha value is -0.910. The molecule has 1 fully saturated rings. The van der Waals surface area contributed by atoms with Crippen molar-refractivity contribution in [3.63, 3.8) is 0 Å². The van der Waals surface area contributed by atoms with E-state index in [0.29, 0.717) is 12.3 Å². The summed E-state index contributed by atoms with van der Waals surface area (Å²) < 4.78 is 23.1. The summed E-state index contributed by atoms with van der Waals surface area (Å²) in [5, 5.41) is 0. The summed E-state index contributed by atoms with van der Waals surface area (Å²) in [6, 6.07) is 10.4. The van der Waals surface area contributed by atoms with Crippen LogP contribution in [0.2, 0.25) is 0 Å². The predicted molar refractivity (Wildman–Crippen MR) is 82.4 cm³/mol. The molecule has 0 bridgehead atoms. The van der Waals surface area contributed by atoms with Gasteiger partial charge in [-0.2, -0.15) is 0 Å². The van der Waals surface area contributed by atoms with Crippen molar-refractivity contribution < 1.29 is 8.42 Å². The van der Waals surface area contributed by atoms with Gasteiger partial charge in [0, 0.05) is 19.1 Å². The topological polar surface area (TPSA) is 63.4 Å². The van der Waals surface area contributed by atoms with Crippen LogP contribution < -0.4 is 5.73 Å². The third-order valence-electron chi connectivity index (χ3n) is 3.79. The summed E-state index contributed by atoms with van der Waals surface area (Å²) in [5.74, 6) is 0.598. The van der Waals surface area contributed by atoms with Crippen molar-refractivity contribution in [2.45, 2.75) is 25.3 Å². The third-order valence-corrected chi connectivity index (χ3v) is 5.50. The lowest BCUT2D eigenvalue weighted by Gasteiger charge is -2.23. The van der Waals surface area contributed by atoms with Crippen LogP contribution >= 0.6 is 0 Å². The van der Waals surface area contributed by atoms with Gasteiger partial charge in [-0.05, 0) is 31.4 Å². The maximum absolute atomic E-state index is 11.6. The summed E-state index contributed by atoms with van der Waals surface area (Å²) >= 11 is 0. The lowest BCUT2D eigenvalue weighted by Crippen LogP contribution is -2.39. The van der Waals surface area contributed by atoms with E-state index in [0.717, 1.165) is 32.4 Å². The van der Waals surface area contributed by atoms with Crippen LogP contribution in [0.1, 0.15) is 18.4 Å². The molecule has 2 N–H and O–H groups in total. The van der Waals surface area contributed by atoms with Gasteiger partial charge >= 0.3 is 0 Å². The van der Waals surface area contributed by atoms with Crippen LogP contribution in [0.3, 0.4) is 0 Å². The number of aryl methyl sites for hydroxylation is 1. The van der Waals surface area contributed by atoms with Crippen molar-refractivity contribution >= 4 is 9.84 Å². The molecule has 0 radical (unpaired) electrons. The van der Waals surface area contributed by atoms with Gasteiger partial charge in [-0.25, -0.2) is 8.42 Å². The fourth-order valence-corrected chi connectivity index (χ4v) is 3.90. The first-order chi connectivity index (χ1) is 9.55. The molecule has 1 aromatic carbocycles. The number of hydrogen-bond acceptors (Lipinski definition) is 4. The molecule has 5 heteroatoms. The quantitative estimate of drug-likeness (QED) is 0.883. The van der Waals surface area contributed by atoms with E-state index in [4.69, 9.17) is 5.73 Å². The lowest BCUT2D eigenvalue weighted by molar-refractivity contribution is 0.271. The molecule has 1 aromatic rings. The second-order valence-corrected chi connectivity index (χ2v) is 7.89. The summed E-state index contributed by atoms with van der Waals surface area (Å²) in [5.41, 5.74) is 7.49. The maximum atomic E-state index is 11.6. The fourth-order valence-electron chi connectivity index (χ4n) is 2.59. The minimum atomic E-state index is -2.83. The van der Waals surface area contributed by atoms with Gasteiger partial charge in [0.1, 0.15) is 0 Å². The standard InChI is InChI=1S/C15H24N2O2S/c16-15(8-7-14-5-2-1-3-6-14)13-17-9-4-11-20(18,19)12-10-17/h1-3,5-6,15H,4,7-13,16H2.